The van der Waals surface area contributed by atoms with Crippen LogP contribution in [0.5, 0.6) is 5.75 Å². The third-order valence-corrected chi connectivity index (χ3v) is 4.60. The lowest BCUT2D eigenvalue weighted by atomic mass is 10.0. The monoisotopic (exact) mass is 347 g/mol. The quantitative estimate of drug-likeness (QED) is 0.501. The summed E-state index contributed by atoms with van der Waals surface area (Å²) in [7, 11) is 1.59. The Hall–Kier alpha value is -3.34. The van der Waals surface area contributed by atoms with Crippen LogP contribution >= 0.6 is 0 Å². The molecule has 0 spiro atoms. The maximum atomic E-state index is 12.0. The van der Waals surface area contributed by atoms with Gasteiger partial charge in [-0.2, -0.15) is 0 Å². The Balaban J connectivity index is 1.89. The van der Waals surface area contributed by atoms with E-state index < -0.39 is 0 Å². The summed E-state index contributed by atoms with van der Waals surface area (Å²) in [5.41, 5.74) is 3.98. The minimum absolute atomic E-state index is 0.350. The lowest BCUT2D eigenvalue weighted by Crippen LogP contribution is -2.06. The standard InChI is InChI=1S/C21H17NO4/c1-12-13(2)21(23)25-19-10-15(9-18(24-3)20(12)19)17-11-16(22-26-17)14-7-5-4-6-8-14/h4-11H,1-3H3. The van der Waals surface area contributed by atoms with E-state index in [0.29, 0.717) is 22.7 Å². The lowest BCUT2D eigenvalue weighted by molar-refractivity contribution is 0.416. The lowest BCUT2D eigenvalue weighted by Gasteiger charge is -2.10. The van der Waals surface area contributed by atoms with Crippen LogP contribution in [0.3, 0.4) is 0 Å². The molecule has 2 aromatic heterocycles. The third kappa shape index (κ3) is 2.58. The molecule has 0 unspecified atom stereocenters. The van der Waals surface area contributed by atoms with Gasteiger partial charge in [0, 0.05) is 22.8 Å². The minimum atomic E-state index is -0.350. The molecule has 5 heteroatoms. The summed E-state index contributed by atoms with van der Waals surface area (Å²) < 4.78 is 16.5. The molecule has 0 aliphatic heterocycles. The molecule has 130 valence electrons. The molecular formula is C21H17NO4. The molecule has 2 aromatic carbocycles. The van der Waals surface area contributed by atoms with Crippen LogP contribution in [0.2, 0.25) is 0 Å². The second kappa shape index (κ2) is 6.19. The number of hydrogen-bond donors (Lipinski definition) is 0. The molecule has 0 N–H and O–H groups in total. The normalized spacial score (nSPS) is 11.0. The number of ether oxygens (including phenoxy) is 1. The molecule has 0 aliphatic rings. The zero-order valence-corrected chi connectivity index (χ0v) is 14.7. The van der Waals surface area contributed by atoms with E-state index in [1.54, 1.807) is 20.1 Å². The van der Waals surface area contributed by atoms with Crippen molar-refractivity contribution in [2.45, 2.75) is 13.8 Å². The van der Waals surface area contributed by atoms with E-state index in [4.69, 9.17) is 13.7 Å². The highest BCUT2D eigenvalue weighted by Gasteiger charge is 2.16. The maximum absolute atomic E-state index is 12.0. The number of aromatic nitrogens is 1. The molecule has 0 aliphatic carbocycles. The summed E-state index contributed by atoms with van der Waals surface area (Å²) in [4.78, 5) is 12.0. The molecule has 4 aromatic rings. The smallest absolute Gasteiger partial charge is 0.339 e. The number of methoxy groups -OCH3 is 1. The van der Waals surface area contributed by atoms with Crippen molar-refractivity contribution in [2.75, 3.05) is 7.11 Å². The van der Waals surface area contributed by atoms with Gasteiger partial charge in [0.2, 0.25) is 0 Å². The summed E-state index contributed by atoms with van der Waals surface area (Å²) >= 11 is 0. The van der Waals surface area contributed by atoms with Gasteiger partial charge in [-0.1, -0.05) is 35.5 Å². The number of nitrogens with zero attached hydrogens (tertiary/aromatic N) is 1. The predicted molar refractivity (Wildman–Crippen MR) is 99.4 cm³/mol. The topological polar surface area (TPSA) is 65.5 Å². The second-order valence-electron chi connectivity index (χ2n) is 6.13. The summed E-state index contributed by atoms with van der Waals surface area (Å²) in [5.74, 6) is 1.20. The van der Waals surface area contributed by atoms with Crippen LogP contribution in [0.25, 0.3) is 33.6 Å². The Morgan fingerprint density at radius 1 is 0.962 bits per heavy atom. The van der Waals surface area contributed by atoms with Crippen molar-refractivity contribution in [3.05, 3.63) is 70.1 Å². The van der Waals surface area contributed by atoms with E-state index in [9.17, 15) is 4.79 Å². The number of benzene rings is 2. The van der Waals surface area contributed by atoms with Gasteiger partial charge in [0.15, 0.2) is 5.76 Å². The molecular weight excluding hydrogens is 330 g/mol. The Kier molecular flexibility index (Phi) is 3.84. The molecule has 0 bridgehead atoms. The van der Waals surface area contributed by atoms with E-state index in [1.807, 2.05) is 49.4 Å². The minimum Gasteiger partial charge on any atom is -0.496 e. The molecule has 0 atom stereocenters. The number of hydrogen-bond acceptors (Lipinski definition) is 5. The summed E-state index contributed by atoms with van der Waals surface area (Å²) in [6.07, 6.45) is 0. The fourth-order valence-corrected chi connectivity index (χ4v) is 3.02. The first-order chi connectivity index (χ1) is 12.6. The average molecular weight is 347 g/mol. The van der Waals surface area contributed by atoms with Gasteiger partial charge < -0.3 is 13.7 Å². The van der Waals surface area contributed by atoms with Crippen LogP contribution in [0, 0.1) is 13.8 Å². The fraction of sp³-hybridized carbons (Fsp3) is 0.143. The van der Waals surface area contributed by atoms with E-state index in [0.717, 1.165) is 27.8 Å². The number of aryl methyl sites for hydroxylation is 1. The molecule has 4 rings (SSSR count). The van der Waals surface area contributed by atoms with Crippen molar-refractivity contribution in [1.29, 1.82) is 0 Å². The van der Waals surface area contributed by atoms with Crippen molar-refractivity contribution in [2.24, 2.45) is 0 Å². The Bertz CT molecular complexity index is 1160. The molecule has 0 fully saturated rings. The van der Waals surface area contributed by atoms with Gasteiger partial charge in [-0.3, -0.25) is 0 Å². The van der Waals surface area contributed by atoms with Crippen LogP contribution in [-0.4, -0.2) is 12.3 Å². The fourth-order valence-electron chi connectivity index (χ4n) is 3.02. The summed E-state index contributed by atoms with van der Waals surface area (Å²) in [6, 6.07) is 15.3. The molecule has 26 heavy (non-hydrogen) atoms. The molecule has 0 saturated carbocycles. The molecule has 0 amide bonds. The van der Waals surface area contributed by atoms with Crippen LogP contribution in [-0.2, 0) is 0 Å². The van der Waals surface area contributed by atoms with Crippen molar-refractivity contribution >= 4 is 11.0 Å². The van der Waals surface area contributed by atoms with Gasteiger partial charge in [-0.05, 0) is 31.5 Å². The van der Waals surface area contributed by atoms with E-state index in [1.165, 1.54) is 0 Å². The first kappa shape index (κ1) is 16.1. The average Bonchev–Trinajstić information content (AvgIpc) is 3.16. The van der Waals surface area contributed by atoms with E-state index in [2.05, 4.69) is 5.16 Å². The van der Waals surface area contributed by atoms with Gasteiger partial charge in [0.1, 0.15) is 17.0 Å². The number of rotatable bonds is 3. The van der Waals surface area contributed by atoms with Crippen LogP contribution in [0.15, 0.2) is 62.3 Å². The maximum Gasteiger partial charge on any atom is 0.339 e. The summed E-state index contributed by atoms with van der Waals surface area (Å²) in [5, 5.41) is 4.93. The molecule has 0 radical (unpaired) electrons. The van der Waals surface area contributed by atoms with Crippen molar-refractivity contribution in [3.63, 3.8) is 0 Å². The predicted octanol–water partition coefficient (Wildman–Crippen LogP) is 4.74. The highest BCUT2D eigenvalue weighted by atomic mass is 16.5. The Morgan fingerprint density at radius 2 is 1.73 bits per heavy atom. The van der Waals surface area contributed by atoms with Crippen LogP contribution in [0.1, 0.15) is 11.1 Å². The van der Waals surface area contributed by atoms with Gasteiger partial charge >= 0.3 is 5.63 Å². The Morgan fingerprint density at radius 3 is 2.46 bits per heavy atom. The Labute approximate surface area is 149 Å². The molecule has 2 heterocycles. The van der Waals surface area contributed by atoms with Gasteiger partial charge in [-0.25, -0.2) is 4.79 Å². The second-order valence-corrected chi connectivity index (χ2v) is 6.13. The van der Waals surface area contributed by atoms with Crippen molar-refractivity contribution < 1.29 is 13.7 Å². The van der Waals surface area contributed by atoms with Crippen LogP contribution < -0.4 is 10.4 Å². The van der Waals surface area contributed by atoms with Crippen molar-refractivity contribution in [3.8, 4) is 28.3 Å². The first-order valence-electron chi connectivity index (χ1n) is 8.23. The molecule has 0 saturated heterocycles. The highest BCUT2D eigenvalue weighted by molar-refractivity contribution is 5.91. The highest BCUT2D eigenvalue weighted by Crippen LogP contribution is 2.35. The van der Waals surface area contributed by atoms with Gasteiger partial charge in [-0.15, -0.1) is 0 Å². The van der Waals surface area contributed by atoms with Crippen molar-refractivity contribution in [1.82, 2.24) is 5.16 Å². The largest absolute Gasteiger partial charge is 0.496 e. The zero-order valence-electron chi connectivity index (χ0n) is 14.7. The summed E-state index contributed by atoms with van der Waals surface area (Å²) in [6.45, 7) is 3.63. The SMILES string of the molecule is COc1cc(-c2cc(-c3ccccc3)no2)cc2oc(=O)c(C)c(C)c12. The van der Waals surface area contributed by atoms with Crippen LogP contribution in [0.4, 0.5) is 0 Å². The van der Waals surface area contributed by atoms with E-state index in [-0.39, 0.29) is 5.63 Å². The van der Waals surface area contributed by atoms with Gasteiger partial charge in [0.25, 0.3) is 0 Å². The zero-order chi connectivity index (χ0) is 18.3. The first-order valence-corrected chi connectivity index (χ1v) is 8.23. The third-order valence-electron chi connectivity index (χ3n) is 4.60. The van der Waals surface area contributed by atoms with Gasteiger partial charge in [0.05, 0.1) is 12.5 Å². The van der Waals surface area contributed by atoms with E-state index >= 15 is 0 Å². The number of fused-ring (bicyclic) bond motifs is 1. The molecule has 5 nitrogen and oxygen atoms in total.